The molecule has 3 heterocycles. The van der Waals surface area contributed by atoms with Crippen molar-refractivity contribution in [1.29, 1.82) is 5.26 Å². The Labute approximate surface area is 317 Å². The summed E-state index contributed by atoms with van der Waals surface area (Å²) in [6.45, 7) is 6.17. The predicted molar refractivity (Wildman–Crippen MR) is 126 cm³/mol. The van der Waals surface area contributed by atoms with E-state index >= 15 is 0 Å². The number of nitriles is 1. The third-order valence-electron chi connectivity index (χ3n) is 5.32. The fourth-order valence-electron chi connectivity index (χ4n) is 3.66. The van der Waals surface area contributed by atoms with Crippen LogP contribution in [0, 0.1) is 31.8 Å². The summed E-state index contributed by atoms with van der Waals surface area (Å²) in [4.78, 5) is 15.0. The molecule has 0 aliphatic rings. The quantitative estimate of drug-likeness (QED) is 0.147. The van der Waals surface area contributed by atoms with Crippen LogP contribution >= 0.6 is 0 Å². The third kappa shape index (κ3) is 6.45. The Kier molecular flexibility index (Phi) is 12.0. The standard InChI is InChI=1S/C24H23N7O.2Cs/c1-5-26-7-6-8-30(3)18-11-19-16(12-25)10-21(28-24(19)27-13-18)20-9-17-14-31(4)29-22(17)15(2)23(20)32;;/h5,7,9-11,13-14,32H,3,6,8H2,1-2,4H3;;/q-2;2*+1. The van der Waals surface area contributed by atoms with Crippen LogP contribution < -0.4 is 143 Å². The van der Waals surface area contributed by atoms with E-state index < -0.39 is 0 Å². The molecule has 8 nitrogen and oxygen atoms in total. The number of anilines is 1. The number of nitrogens with zero attached hydrogens (tertiary/aromatic N) is 7. The van der Waals surface area contributed by atoms with Crippen molar-refractivity contribution < 1.29 is 143 Å². The summed E-state index contributed by atoms with van der Waals surface area (Å²) < 4.78 is 1.70. The minimum Gasteiger partial charge on any atom is -0.525 e. The van der Waals surface area contributed by atoms with Gasteiger partial charge in [0.05, 0.1) is 29.0 Å². The van der Waals surface area contributed by atoms with Gasteiger partial charge in [0.25, 0.3) is 0 Å². The van der Waals surface area contributed by atoms with Crippen molar-refractivity contribution in [2.24, 2.45) is 12.0 Å². The molecule has 1 N–H and O–H groups in total. The Balaban J connectivity index is 0.00000204. The van der Waals surface area contributed by atoms with E-state index in [-0.39, 0.29) is 144 Å². The van der Waals surface area contributed by atoms with E-state index in [0.29, 0.717) is 40.0 Å². The monoisotopic (exact) mass is 691 g/mol. The zero-order valence-corrected chi connectivity index (χ0v) is 32.8. The van der Waals surface area contributed by atoms with Gasteiger partial charge in [-0.3, -0.25) is 11.7 Å². The molecule has 0 saturated heterocycles. The molecule has 0 aliphatic heterocycles. The smallest absolute Gasteiger partial charge is 0.525 e. The minimum absolute atomic E-state index is 0. The molecule has 1 aromatic carbocycles. The van der Waals surface area contributed by atoms with Crippen LogP contribution in [0.3, 0.4) is 0 Å². The van der Waals surface area contributed by atoms with E-state index in [4.69, 9.17) is 0 Å². The first kappa shape index (κ1) is 30.2. The number of phenols is 1. The first-order valence-corrected chi connectivity index (χ1v) is 10.2. The molecule has 0 bridgehead atoms. The molecule has 0 saturated carbocycles. The van der Waals surface area contributed by atoms with Crippen molar-refractivity contribution in [2.75, 3.05) is 11.4 Å². The minimum atomic E-state index is 0. The molecular formula is C24H23Cs2N7O. The number of rotatable bonds is 6. The Morgan fingerprint density at radius 1 is 1.32 bits per heavy atom. The molecule has 10 heteroatoms. The molecule has 0 unspecified atom stereocenters. The van der Waals surface area contributed by atoms with Gasteiger partial charge in [0.1, 0.15) is 5.75 Å². The van der Waals surface area contributed by atoms with Gasteiger partial charge in [0.15, 0.2) is 5.65 Å². The van der Waals surface area contributed by atoms with Gasteiger partial charge in [-0.25, -0.2) is 9.97 Å². The van der Waals surface area contributed by atoms with Crippen LogP contribution in [0.2, 0.25) is 0 Å². The number of pyridine rings is 2. The third-order valence-corrected chi connectivity index (χ3v) is 5.32. The first-order chi connectivity index (χ1) is 15.4. The van der Waals surface area contributed by atoms with Crippen LogP contribution in [0.25, 0.3) is 33.2 Å². The molecule has 3 aromatic heterocycles. The van der Waals surface area contributed by atoms with Gasteiger partial charge in [-0.05, 0) is 31.7 Å². The zero-order chi connectivity index (χ0) is 22.8. The number of hydrogen-bond donors (Lipinski definition) is 1. The van der Waals surface area contributed by atoms with Gasteiger partial charge in [-0.1, -0.05) is 13.3 Å². The molecular weight excluding hydrogens is 668 g/mol. The summed E-state index contributed by atoms with van der Waals surface area (Å²) >= 11 is 0. The maximum atomic E-state index is 10.8. The van der Waals surface area contributed by atoms with Crippen LogP contribution in [-0.2, 0) is 7.05 Å². The Bertz CT molecular complexity index is 1390. The van der Waals surface area contributed by atoms with E-state index in [0.717, 1.165) is 23.0 Å². The molecule has 0 radical (unpaired) electrons. The van der Waals surface area contributed by atoms with Gasteiger partial charge in [-0.15, -0.1) is 6.54 Å². The fourth-order valence-corrected chi connectivity index (χ4v) is 3.66. The topological polar surface area (TPSA) is 103 Å². The predicted octanol–water partition coefficient (Wildman–Crippen LogP) is -1.68. The average Bonchev–Trinajstić information content (AvgIpc) is 3.18. The van der Waals surface area contributed by atoms with Crippen molar-refractivity contribution in [3.63, 3.8) is 0 Å². The van der Waals surface area contributed by atoms with E-state index in [9.17, 15) is 10.4 Å². The summed E-state index contributed by atoms with van der Waals surface area (Å²) in [6.07, 6.45) is 6.04. The van der Waals surface area contributed by atoms with Gasteiger partial charge >= 0.3 is 138 Å². The largest absolute Gasteiger partial charge is 1.00 e. The fraction of sp³-hybridized carbons (Fsp3) is 0.208. The van der Waals surface area contributed by atoms with Crippen molar-refractivity contribution in [1.82, 2.24) is 19.7 Å². The van der Waals surface area contributed by atoms with Crippen LogP contribution in [0.1, 0.15) is 24.5 Å². The van der Waals surface area contributed by atoms with Crippen molar-refractivity contribution in [2.45, 2.75) is 20.3 Å². The summed E-state index contributed by atoms with van der Waals surface area (Å²) in [7, 11) is 5.90. The number of phenolic OH excluding ortho intramolecular Hbond substituents is 1. The Morgan fingerprint density at radius 3 is 2.79 bits per heavy atom. The van der Waals surface area contributed by atoms with E-state index in [2.05, 4.69) is 33.2 Å². The van der Waals surface area contributed by atoms with Crippen molar-refractivity contribution in [3.05, 3.63) is 55.3 Å². The van der Waals surface area contributed by atoms with Crippen LogP contribution in [0.15, 0.2) is 35.6 Å². The molecule has 4 aromatic rings. The Morgan fingerprint density at radius 2 is 2.09 bits per heavy atom. The molecule has 0 fully saturated rings. The molecule has 0 aliphatic carbocycles. The molecule has 0 atom stereocenters. The van der Waals surface area contributed by atoms with Gasteiger partial charge in [-0.2, -0.15) is 16.6 Å². The number of aromatic nitrogens is 4. The number of fused-ring (bicyclic) bond motifs is 2. The van der Waals surface area contributed by atoms with Crippen LogP contribution in [0.4, 0.5) is 5.69 Å². The molecule has 4 rings (SSSR count). The number of hydrogen-bond acceptors (Lipinski definition) is 7. The second-order valence-corrected chi connectivity index (χ2v) is 7.51. The van der Waals surface area contributed by atoms with E-state index in [1.165, 1.54) is 0 Å². The van der Waals surface area contributed by atoms with Gasteiger partial charge in [0, 0.05) is 40.8 Å². The molecule has 0 spiro atoms. The first-order valence-electron chi connectivity index (χ1n) is 10.2. The summed E-state index contributed by atoms with van der Waals surface area (Å²) in [5.41, 5.74) is 4.07. The van der Waals surface area contributed by atoms with Crippen molar-refractivity contribution >= 4 is 33.8 Å². The van der Waals surface area contributed by atoms with Crippen molar-refractivity contribution in [3.8, 4) is 23.1 Å². The van der Waals surface area contributed by atoms with Gasteiger partial charge < -0.3 is 15.0 Å². The summed E-state index contributed by atoms with van der Waals surface area (Å²) in [6, 6.07) is 7.62. The normalized spacial score (nSPS) is 10.7. The molecule has 34 heavy (non-hydrogen) atoms. The number of aryl methyl sites for hydroxylation is 2. The van der Waals surface area contributed by atoms with Crippen LogP contribution in [0.5, 0.6) is 5.75 Å². The van der Waals surface area contributed by atoms with Crippen LogP contribution in [-0.4, -0.2) is 37.6 Å². The van der Waals surface area contributed by atoms with E-state index in [1.807, 2.05) is 50.7 Å². The van der Waals surface area contributed by atoms with Gasteiger partial charge in [0.2, 0.25) is 0 Å². The Hall–Kier alpha value is -0.0161. The number of aliphatic imine (C=N–C) groups is 1. The number of aromatic hydroxyl groups is 1. The second kappa shape index (κ2) is 13.5. The second-order valence-electron chi connectivity index (χ2n) is 7.51. The summed E-state index contributed by atoms with van der Waals surface area (Å²) in [5.74, 6) is 0.0958. The maximum Gasteiger partial charge on any atom is 1.00 e. The zero-order valence-electron chi connectivity index (χ0n) is 20.2. The maximum absolute atomic E-state index is 10.8. The number of benzene rings is 1. The SMILES string of the molecule is [CH2-]N(CC[CH-]N=CC)c1cnc2nc(-c3cc4cn(C)nc4c(C)c3O)cc(C#N)c2c1.[Cs+].[Cs+]. The molecule has 0 amide bonds. The summed E-state index contributed by atoms with van der Waals surface area (Å²) in [5, 5.41) is 26.5. The average molecular weight is 691 g/mol. The van der Waals surface area contributed by atoms with E-state index in [1.54, 1.807) is 23.2 Å². The molecule has 162 valence electrons.